The van der Waals surface area contributed by atoms with Gasteiger partial charge in [0.15, 0.2) is 0 Å². The first kappa shape index (κ1) is 15.9. The standard InChI is InChI=1S/C18H29N3O/c1-14-6-7-16(19-12-14)13-20-15-8-10-21(11-9-15)17-4-2-3-5-18(17)22/h6-7,12,15,17-18,20,22H,2-5,8-11,13H2,1H3. The Morgan fingerprint density at radius 1 is 1.18 bits per heavy atom. The molecule has 22 heavy (non-hydrogen) atoms. The number of piperidine rings is 1. The maximum absolute atomic E-state index is 10.2. The molecular formula is C18H29N3O. The Labute approximate surface area is 133 Å². The van der Waals surface area contributed by atoms with Crippen molar-refractivity contribution in [3.05, 3.63) is 29.6 Å². The van der Waals surface area contributed by atoms with Crippen LogP contribution in [0.1, 0.15) is 49.8 Å². The Hall–Kier alpha value is -0.970. The largest absolute Gasteiger partial charge is 0.391 e. The number of aliphatic hydroxyl groups excluding tert-OH is 1. The molecule has 1 saturated carbocycles. The monoisotopic (exact) mass is 303 g/mol. The van der Waals surface area contributed by atoms with Crippen LogP contribution in [-0.2, 0) is 6.54 Å². The molecule has 1 aromatic heterocycles. The van der Waals surface area contributed by atoms with E-state index in [2.05, 4.69) is 34.3 Å². The van der Waals surface area contributed by atoms with Gasteiger partial charge in [0.2, 0.25) is 0 Å². The Bertz CT molecular complexity index is 454. The molecule has 2 aliphatic rings. The van der Waals surface area contributed by atoms with E-state index in [1.54, 1.807) is 0 Å². The third kappa shape index (κ3) is 4.06. The van der Waals surface area contributed by atoms with Crippen LogP contribution in [0.2, 0.25) is 0 Å². The van der Waals surface area contributed by atoms with Gasteiger partial charge in [0.25, 0.3) is 0 Å². The number of aliphatic hydroxyl groups is 1. The van der Waals surface area contributed by atoms with Gasteiger partial charge in [-0.15, -0.1) is 0 Å². The van der Waals surface area contributed by atoms with Crippen LogP contribution in [0.5, 0.6) is 0 Å². The summed E-state index contributed by atoms with van der Waals surface area (Å²) in [5.74, 6) is 0. The zero-order chi connectivity index (χ0) is 15.4. The van der Waals surface area contributed by atoms with Crippen LogP contribution in [0.3, 0.4) is 0 Å². The van der Waals surface area contributed by atoms with Gasteiger partial charge in [0.05, 0.1) is 11.8 Å². The van der Waals surface area contributed by atoms with Crippen molar-refractivity contribution in [2.75, 3.05) is 13.1 Å². The highest BCUT2D eigenvalue weighted by Crippen LogP contribution is 2.25. The van der Waals surface area contributed by atoms with Crippen molar-refractivity contribution < 1.29 is 5.11 Å². The highest BCUT2D eigenvalue weighted by atomic mass is 16.3. The van der Waals surface area contributed by atoms with Crippen LogP contribution in [-0.4, -0.2) is 46.3 Å². The van der Waals surface area contributed by atoms with Crippen molar-refractivity contribution >= 4 is 0 Å². The quantitative estimate of drug-likeness (QED) is 0.896. The van der Waals surface area contributed by atoms with Crippen LogP contribution >= 0.6 is 0 Å². The van der Waals surface area contributed by atoms with Crippen LogP contribution in [0, 0.1) is 6.92 Å². The summed E-state index contributed by atoms with van der Waals surface area (Å²) in [7, 11) is 0. The summed E-state index contributed by atoms with van der Waals surface area (Å²) in [6, 6.07) is 5.22. The average molecular weight is 303 g/mol. The maximum atomic E-state index is 10.2. The Morgan fingerprint density at radius 2 is 1.95 bits per heavy atom. The Balaban J connectivity index is 1.42. The van der Waals surface area contributed by atoms with E-state index in [1.807, 2.05) is 6.20 Å². The van der Waals surface area contributed by atoms with E-state index in [4.69, 9.17) is 0 Å². The highest BCUT2D eigenvalue weighted by molar-refractivity contribution is 5.12. The molecule has 2 unspecified atom stereocenters. The SMILES string of the molecule is Cc1ccc(CNC2CCN(C3CCCCC3O)CC2)nc1. The van der Waals surface area contributed by atoms with E-state index in [0.29, 0.717) is 12.1 Å². The van der Waals surface area contributed by atoms with E-state index in [9.17, 15) is 5.11 Å². The Kier molecular flexibility index (Phi) is 5.45. The smallest absolute Gasteiger partial charge is 0.0695 e. The molecule has 1 aliphatic carbocycles. The van der Waals surface area contributed by atoms with Gasteiger partial charge in [0, 0.05) is 37.9 Å². The first-order valence-corrected chi connectivity index (χ1v) is 8.79. The van der Waals surface area contributed by atoms with Gasteiger partial charge < -0.3 is 10.4 Å². The lowest BCUT2D eigenvalue weighted by Gasteiger charge is -2.41. The van der Waals surface area contributed by atoms with Crippen molar-refractivity contribution in [3.8, 4) is 0 Å². The summed E-state index contributed by atoms with van der Waals surface area (Å²) < 4.78 is 0. The topological polar surface area (TPSA) is 48.4 Å². The van der Waals surface area contributed by atoms with Gasteiger partial charge in [-0.05, 0) is 44.2 Å². The average Bonchev–Trinajstić information content (AvgIpc) is 2.55. The lowest BCUT2D eigenvalue weighted by Crippen LogP contribution is -2.51. The maximum Gasteiger partial charge on any atom is 0.0695 e. The number of hydrogen-bond donors (Lipinski definition) is 2. The molecule has 1 aromatic rings. The number of rotatable bonds is 4. The predicted octanol–water partition coefficient (Wildman–Crippen LogP) is 2.25. The third-order valence-electron chi connectivity index (χ3n) is 5.24. The van der Waals surface area contributed by atoms with Crippen LogP contribution in [0.15, 0.2) is 18.3 Å². The number of pyridine rings is 1. The summed E-state index contributed by atoms with van der Waals surface area (Å²) in [6.45, 7) is 5.15. The van der Waals surface area contributed by atoms with E-state index in [-0.39, 0.29) is 6.10 Å². The second-order valence-electron chi connectivity index (χ2n) is 6.94. The lowest BCUT2D eigenvalue weighted by atomic mass is 9.89. The summed E-state index contributed by atoms with van der Waals surface area (Å²) >= 11 is 0. The first-order valence-electron chi connectivity index (χ1n) is 8.79. The molecule has 4 nitrogen and oxygen atoms in total. The van der Waals surface area contributed by atoms with Gasteiger partial charge in [-0.2, -0.15) is 0 Å². The van der Waals surface area contributed by atoms with Gasteiger partial charge in [-0.1, -0.05) is 18.9 Å². The molecule has 2 atom stereocenters. The van der Waals surface area contributed by atoms with Crippen molar-refractivity contribution in [2.45, 2.75) is 70.2 Å². The van der Waals surface area contributed by atoms with E-state index < -0.39 is 0 Å². The lowest BCUT2D eigenvalue weighted by molar-refractivity contribution is 0.00712. The summed E-state index contributed by atoms with van der Waals surface area (Å²) in [6.07, 6.45) is 8.82. The molecule has 2 fully saturated rings. The second kappa shape index (κ2) is 7.53. The summed E-state index contributed by atoms with van der Waals surface area (Å²) in [5.41, 5.74) is 2.33. The highest BCUT2D eigenvalue weighted by Gasteiger charge is 2.31. The van der Waals surface area contributed by atoms with Crippen molar-refractivity contribution in [1.29, 1.82) is 0 Å². The molecule has 0 radical (unpaired) electrons. The van der Waals surface area contributed by atoms with Crippen molar-refractivity contribution in [2.24, 2.45) is 0 Å². The number of likely N-dealkylation sites (tertiary alicyclic amines) is 1. The first-order chi connectivity index (χ1) is 10.7. The van der Waals surface area contributed by atoms with Crippen LogP contribution in [0.4, 0.5) is 0 Å². The minimum Gasteiger partial charge on any atom is -0.391 e. The second-order valence-corrected chi connectivity index (χ2v) is 6.94. The van der Waals surface area contributed by atoms with E-state index >= 15 is 0 Å². The molecule has 3 rings (SSSR count). The molecule has 2 N–H and O–H groups in total. The summed E-state index contributed by atoms with van der Waals surface area (Å²) in [5, 5.41) is 13.8. The molecule has 0 spiro atoms. The summed E-state index contributed by atoms with van der Waals surface area (Å²) in [4.78, 5) is 6.97. The minimum atomic E-state index is -0.102. The third-order valence-corrected chi connectivity index (χ3v) is 5.24. The van der Waals surface area contributed by atoms with E-state index in [1.165, 1.54) is 37.7 Å². The number of hydrogen-bond acceptors (Lipinski definition) is 4. The molecule has 4 heteroatoms. The molecule has 2 heterocycles. The fraction of sp³-hybridized carbons (Fsp3) is 0.722. The van der Waals surface area contributed by atoms with Gasteiger partial charge in [0.1, 0.15) is 0 Å². The molecule has 0 amide bonds. The molecule has 1 saturated heterocycles. The number of aryl methyl sites for hydroxylation is 1. The Morgan fingerprint density at radius 3 is 2.64 bits per heavy atom. The number of nitrogens with one attached hydrogen (secondary N) is 1. The number of aromatic nitrogens is 1. The fourth-order valence-electron chi connectivity index (χ4n) is 3.80. The van der Waals surface area contributed by atoms with Crippen LogP contribution in [0.25, 0.3) is 0 Å². The van der Waals surface area contributed by atoms with Gasteiger partial charge in [-0.25, -0.2) is 0 Å². The molecule has 0 bridgehead atoms. The fourth-order valence-corrected chi connectivity index (χ4v) is 3.80. The van der Waals surface area contributed by atoms with Gasteiger partial charge in [-0.3, -0.25) is 9.88 Å². The minimum absolute atomic E-state index is 0.102. The molecular weight excluding hydrogens is 274 g/mol. The number of nitrogens with zero attached hydrogens (tertiary/aromatic N) is 2. The van der Waals surface area contributed by atoms with Crippen LogP contribution < -0.4 is 5.32 Å². The zero-order valence-electron chi connectivity index (χ0n) is 13.7. The normalized spacial score (nSPS) is 27.9. The molecule has 0 aromatic carbocycles. The van der Waals surface area contributed by atoms with Crippen molar-refractivity contribution in [3.63, 3.8) is 0 Å². The van der Waals surface area contributed by atoms with Gasteiger partial charge >= 0.3 is 0 Å². The predicted molar refractivity (Wildman–Crippen MR) is 88.7 cm³/mol. The van der Waals surface area contributed by atoms with Crippen molar-refractivity contribution in [1.82, 2.24) is 15.2 Å². The zero-order valence-corrected chi connectivity index (χ0v) is 13.7. The molecule has 122 valence electrons. The van der Waals surface area contributed by atoms with E-state index in [0.717, 1.165) is 31.7 Å². The molecule has 1 aliphatic heterocycles.